The molecule has 1 aromatic heterocycles. The van der Waals surface area contributed by atoms with Crippen molar-refractivity contribution in [3.63, 3.8) is 0 Å². The summed E-state index contributed by atoms with van der Waals surface area (Å²) in [7, 11) is 2.15. The first-order chi connectivity index (χ1) is 12.6. The Labute approximate surface area is 154 Å². The summed E-state index contributed by atoms with van der Waals surface area (Å²) in [5, 5.41) is 0. The van der Waals surface area contributed by atoms with Crippen LogP contribution in [0.15, 0.2) is 47.1 Å². The Morgan fingerprint density at radius 2 is 1.96 bits per heavy atom. The van der Waals surface area contributed by atoms with E-state index in [1.54, 1.807) is 18.4 Å². The number of benzene rings is 1. The topological polar surface area (TPSA) is 28.9 Å². The molecule has 2 fully saturated rings. The predicted octanol–water partition coefficient (Wildman–Crippen LogP) is 3.67. The van der Waals surface area contributed by atoms with Crippen LogP contribution in [0.3, 0.4) is 0 Å². The highest BCUT2D eigenvalue weighted by molar-refractivity contribution is 5.16. The second kappa shape index (κ2) is 7.51. The molecule has 0 bridgehead atoms. The number of rotatable bonds is 5. The van der Waals surface area contributed by atoms with Crippen molar-refractivity contribution in [1.29, 1.82) is 0 Å². The molecule has 1 aromatic carbocycles. The average Bonchev–Trinajstić information content (AvgIpc) is 3.30. The summed E-state index contributed by atoms with van der Waals surface area (Å²) in [6.45, 7) is 4.58. The third-order valence-corrected chi connectivity index (χ3v) is 5.88. The van der Waals surface area contributed by atoms with Gasteiger partial charge in [0.25, 0.3) is 0 Å². The molecule has 5 heteroatoms. The van der Waals surface area contributed by atoms with Crippen molar-refractivity contribution >= 4 is 0 Å². The van der Waals surface area contributed by atoms with Crippen molar-refractivity contribution in [1.82, 2.24) is 9.80 Å². The summed E-state index contributed by atoms with van der Waals surface area (Å²) < 4.78 is 24.8. The third kappa shape index (κ3) is 4.00. The molecular formula is C21H27FN2O2. The molecule has 26 heavy (non-hydrogen) atoms. The van der Waals surface area contributed by atoms with E-state index in [1.807, 2.05) is 24.3 Å². The summed E-state index contributed by atoms with van der Waals surface area (Å²) >= 11 is 0. The molecule has 1 atom stereocenters. The van der Waals surface area contributed by atoms with Gasteiger partial charge in [0.05, 0.1) is 25.0 Å². The lowest BCUT2D eigenvalue weighted by Crippen LogP contribution is -2.44. The van der Waals surface area contributed by atoms with E-state index in [9.17, 15) is 4.39 Å². The van der Waals surface area contributed by atoms with Gasteiger partial charge < -0.3 is 9.15 Å². The molecular weight excluding hydrogens is 331 g/mol. The Morgan fingerprint density at radius 1 is 1.19 bits per heavy atom. The van der Waals surface area contributed by atoms with Crippen molar-refractivity contribution in [2.24, 2.45) is 0 Å². The van der Waals surface area contributed by atoms with E-state index in [0.717, 1.165) is 57.8 Å². The molecule has 0 radical (unpaired) electrons. The molecule has 0 amide bonds. The number of hydrogen-bond acceptors (Lipinski definition) is 4. The van der Waals surface area contributed by atoms with Crippen LogP contribution < -0.4 is 0 Å². The quantitative estimate of drug-likeness (QED) is 0.815. The van der Waals surface area contributed by atoms with Crippen LogP contribution in [0, 0.1) is 5.82 Å². The normalized spacial score (nSPS) is 23.1. The fourth-order valence-corrected chi connectivity index (χ4v) is 4.20. The Morgan fingerprint density at radius 3 is 2.65 bits per heavy atom. The van der Waals surface area contributed by atoms with Gasteiger partial charge in [0.15, 0.2) is 0 Å². The number of nitrogens with zero attached hydrogens (tertiary/aromatic N) is 2. The van der Waals surface area contributed by atoms with Crippen LogP contribution in [0.5, 0.6) is 0 Å². The van der Waals surface area contributed by atoms with Gasteiger partial charge in [0, 0.05) is 25.7 Å². The lowest BCUT2D eigenvalue weighted by atomic mass is 9.87. The van der Waals surface area contributed by atoms with Gasteiger partial charge in [-0.15, -0.1) is 0 Å². The number of furan rings is 1. The minimum absolute atomic E-state index is 0.0292. The van der Waals surface area contributed by atoms with E-state index in [0.29, 0.717) is 6.04 Å². The van der Waals surface area contributed by atoms with E-state index >= 15 is 0 Å². The van der Waals surface area contributed by atoms with E-state index in [4.69, 9.17) is 9.15 Å². The van der Waals surface area contributed by atoms with Crippen molar-refractivity contribution in [2.75, 3.05) is 26.7 Å². The largest absolute Gasteiger partial charge is 0.468 e. The molecule has 0 N–H and O–H groups in total. The minimum atomic E-state index is -0.171. The molecule has 0 aliphatic carbocycles. The Hall–Kier alpha value is -1.69. The van der Waals surface area contributed by atoms with Crippen LogP contribution in [0.25, 0.3) is 0 Å². The summed E-state index contributed by atoms with van der Waals surface area (Å²) in [4.78, 5) is 4.79. The summed E-state index contributed by atoms with van der Waals surface area (Å²) in [6, 6.07) is 11.3. The number of halogens is 1. The fourth-order valence-electron chi connectivity index (χ4n) is 4.20. The Balaban J connectivity index is 1.28. The second-order valence-electron chi connectivity index (χ2n) is 7.75. The first kappa shape index (κ1) is 17.7. The molecule has 0 saturated carbocycles. The third-order valence-electron chi connectivity index (χ3n) is 5.88. The zero-order valence-electron chi connectivity index (χ0n) is 15.4. The first-order valence-corrected chi connectivity index (χ1v) is 9.45. The van der Waals surface area contributed by atoms with Gasteiger partial charge in [-0.05, 0) is 56.1 Å². The minimum Gasteiger partial charge on any atom is -0.468 e. The van der Waals surface area contributed by atoms with Gasteiger partial charge >= 0.3 is 0 Å². The zero-order chi connectivity index (χ0) is 18.0. The molecule has 4 nitrogen and oxygen atoms in total. The van der Waals surface area contributed by atoms with Crippen LogP contribution in [-0.4, -0.2) is 48.2 Å². The van der Waals surface area contributed by atoms with E-state index in [1.165, 1.54) is 5.56 Å². The lowest BCUT2D eigenvalue weighted by molar-refractivity contribution is -0.0452. The number of piperidine rings is 1. The highest BCUT2D eigenvalue weighted by atomic mass is 19.1. The second-order valence-corrected chi connectivity index (χ2v) is 7.75. The maximum Gasteiger partial charge on any atom is 0.123 e. The van der Waals surface area contributed by atoms with Gasteiger partial charge in [0.2, 0.25) is 0 Å². The summed E-state index contributed by atoms with van der Waals surface area (Å²) in [5.74, 6) is 0.831. The molecule has 2 aromatic rings. The van der Waals surface area contributed by atoms with Crippen molar-refractivity contribution in [2.45, 2.75) is 44.0 Å². The van der Waals surface area contributed by atoms with E-state index in [2.05, 4.69) is 16.8 Å². The smallest absolute Gasteiger partial charge is 0.123 e. The van der Waals surface area contributed by atoms with Crippen LogP contribution >= 0.6 is 0 Å². The number of hydrogen-bond donors (Lipinski definition) is 0. The zero-order valence-corrected chi connectivity index (χ0v) is 15.4. The molecule has 1 spiro atoms. The molecule has 2 aliphatic rings. The predicted molar refractivity (Wildman–Crippen MR) is 98.2 cm³/mol. The molecule has 2 saturated heterocycles. The number of ether oxygens (including phenoxy) is 1. The first-order valence-electron chi connectivity index (χ1n) is 9.45. The van der Waals surface area contributed by atoms with Crippen molar-refractivity contribution in [3.05, 3.63) is 59.8 Å². The average molecular weight is 358 g/mol. The lowest BCUT2D eigenvalue weighted by Gasteiger charge is -2.39. The summed E-state index contributed by atoms with van der Waals surface area (Å²) in [6.07, 6.45) is 4.96. The number of likely N-dealkylation sites (N-methyl/N-ethyl adjacent to an activating group) is 1. The highest BCUT2D eigenvalue weighted by Crippen LogP contribution is 2.38. The monoisotopic (exact) mass is 358 g/mol. The van der Waals surface area contributed by atoms with Crippen molar-refractivity contribution in [3.8, 4) is 0 Å². The van der Waals surface area contributed by atoms with Gasteiger partial charge in [0.1, 0.15) is 11.6 Å². The molecule has 2 aliphatic heterocycles. The van der Waals surface area contributed by atoms with Crippen LogP contribution in [0.1, 0.15) is 30.6 Å². The molecule has 140 valence electrons. The Kier molecular flexibility index (Phi) is 5.11. The Bertz CT molecular complexity index is 693. The van der Waals surface area contributed by atoms with E-state index in [-0.39, 0.29) is 11.4 Å². The molecule has 3 heterocycles. The fraction of sp³-hybridized carbons (Fsp3) is 0.524. The maximum atomic E-state index is 13.0. The van der Waals surface area contributed by atoms with E-state index < -0.39 is 0 Å². The highest BCUT2D eigenvalue weighted by Gasteiger charge is 2.43. The van der Waals surface area contributed by atoms with Gasteiger partial charge in [-0.25, -0.2) is 4.39 Å². The SMILES string of the molecule is CN(Cc1ccco1)[C@@H]1COC2(CCN(Cc3ccc(F)cc3)CC2)C1. The molecule has 4 rings (SSSR count). The van der Waals surface area contributed by atoms with Crippen molar-refractivity contribution < 1.29 is 13.5 Å². The van der Waals surface area contributed by atoms with Gasteiger partial charge in [-0.1, -0.05) is 12.1 Å². The van der Waals surface area contributed by atoms with Crippen LogP contribution in [0.4, 0.5) is 4.39 Å². The number of likely N-dealkylation sites (tertiary alicyclic amines) is 1. The van der Waals surface area contributed by atoms with Crippen LogP contribution in [0.2, 0.25) is 0 Å². The van der Waals surface area contributed by atoms with Crippen LogP contribution in [-0.2, 0) is 17.8 Å². The standard InChI is InChI=1S/C21H27FN2O2/c1-23(15-20-3-2-12-25-20)19-13-21(26-16-19)8-10-24(11-9-21)14-17-4-6-18(22)7-5-17/h2-7,12,19H,8-11,13-16H2,1H3/t19-/m0/s1. The van der Waals surface area contributed by atoms with Gasteiger partial charge in [-0.3, -0.25) is 9.80 Å². The maximum absolute atomic E-state index is 13.0. The van der Waals surface area contributed by atoms with Gasteiger partial charge in [-0.2, -0.15) is 0 Å². The summed E-state index contributed by atoms with van der Waals surface area (Å²) in [5.41, 5.74) is 1.20. The molecule has 0 unspecified atom stereocenters.